The highest BCUT2D eigenvalue weighted by Crippen LogP contribution is 2.36. The highest BCUT2D eigenvalue weighted by molar-refractivity contribution is 5.85. The highest BCUT2D eigenvalue weighted by atomic mass is 16.5. The molecule has 2 aromatic rings. The molecule has 1 fully saturated rings. The van der Waals surface area contributed by atoms with Crippen molar-refractivity contribution in [2.24, 2.45) is 5.41 Å². The highest BCUT2D eigenvalue weighted by Gasteiger charge is 2.45. The van der Waals surface area contributed by atoms with Gasteiger partial charge in [-0.15, -0.1) is 0 Å². The zero-order chi connectivity index (χ0) is 20.9. The van der Waals surface area contributed by atoms with Gasteiger partial charge < -0.3 is 15.0 Å². The number of benzene rings is 2. The Kier molecular flexibility index (Phi) is 6.57. The third-order valence-electron chi connectivity index (χ3n) is 5.74. The molecule has 0 radical (unpaired) electrons. The van der Waals surface area contributed by atoms with Crippen molar-refractivity contribution in [2.45, 2.75) is 33.1 Å². The van der Waals surface area contributed by atoms with Crippen LogP contribution in [0.1, 0.15) is 32.3 Å². The van der Waals surface area contributed by atoms with Gasteiger partial charge in [-0.3, -0.25) is 9.59 Å². The van der Waals surface area contributed by atoms with E-state index in [4.69, 9.17) is 4.74 Å². The molecule has 0 bridgehead atoms. The molecular formula is C24H30N2O3. The van der Waals surface area contributed by atoms with Crippen LogP contribution in [-0.4, -0.2) is 43.5 Å². The lowest BCUT2D eigenvalue weighted by atomic mass is 9.79. The Morgan fingerprint density at radius 1 is 1.10 bits per heavy atom. The topological polar surface area (TPSA) is 58.6 Å². The molecule has 1 heterocycles. The Hall–Kier alpha value is -2.82. The number of nitrogens with zero attached hydrogens (tertiary/aromatic N) is 1. The molecule has 1 aliphatic heterocycles. The summed E-state index contributed by atoms with van der Waals surface area (Å²) in [6.45, 7) is 5.51. The molecule has 0 saturated carbocycles. The lowest BCUT2D eigenvalue weighted by molar-refractivity contribution is -0.133. The van der Waals surface area contributed by atoms with Crippen molar-refractivity contribution in [3.63, 3.8) is 0 Å². The summed E-state index contributed by atoms with van der Waals surface area (Å²) in [5.74, 6) is 0.992. The SMILES string of the molecule is CCNC(=O)[C@@]1(Cc2ccc(-c3ccccc3OC)cc2)CCN(C(=O)CC)C1. The van der Waals surface area contributed by atoms with Crippen molar-refractivity contribution in [1.82, 2.24) is 10.2 Å². The van der Waals surface area contributed by atoms with E-state index in [-0.39, 0.29) is 11.8 Å². The summed E-state index contributed by atoms with van der Waals surface area (Å²) in [6, 6.07) is 16.2. The first-order valence-electron chi connectivity index (χ1n) is 10.3. The Morgan fingerprint density at radius 2 is 1.83 bits per heavy atom. The molecule has 0 aromatic heterocycles. The second-order valence-electron chi connectivity index (χ2n) is 7.63. The Balaban J connectivity index is 1.83. The molecular weight excluding hydrogens is 364 g/mol. The minimum atomic E-state index is -0.563. The van der Waals surface area contributed by atoms with Crippen LogP contribution in [0, 0.1) is 5.41 Å². The van der Waals surface area contributed by atoms with Crippen LogP contribution >= 0.6 is 0 Å². The summed E-state index contributed by atoms with van der Waals surface area (Å²) in [5.41, 5.74) is 2.65. The number of amides is 2. The standard InChI is InChI=1S/C24H30N2O3/c1-4-22(27)26-15-14-24(17-26,23(28)25-5-2)16-18-10-12-19(13-11-18)20-8-6-7-9-21(20)29-3/h6-13H,4-5,14-17H2,1-3H3,(H,25,28)/t24-/m1/s1. The molecule has 3 rings (SSSR count). The van der Waals surface area contributed by atoms with Crippen molar-refractivity contribution in [1.29, 1.82) is 0 Å². The lowest BCUT2D eigenvalue weighted by Crippen LogP contribution is -2.45. The molecule has 0 unspecified atom stereocenters. The van der Waals surface area contributed by atoms with Crippen LogP contribution in [0.5, 0.6) is 5.75 Å². The first-order chi connectivity index (χ1) is 14.0. The van der Waals surface area contributed by atoms with Crippen LogP contribution in [0.3, 0.4) is 0 Å². The van der Waals surface area contributed by atoms with Gasteiger partial charge in [-0.2, -0.15) is 0 Å². The molecule has 2 aromatic carbocycles. The Morgan fingerprint density at radius 3 is 2.48 bits per heavy atom. The van der Waals surface area contributed by atoms with Gasteiger partial charge in [-0.25, -0.2) is 0 Å². The van der Waals surface area contributed by atoms with Crippen molar-refractivity contribution in [3.05, 3.63) is 54.1 Å². The van der Waals surface area contributed by atoms with Gasteiger partial charge >= 0.3 is 0 Å². The van der Waals surface area contributed by atoms with Gasteiger partial charge in [0.25, 0.3) is 0 Å². The van der Waals surface area contributed by atoms with Gasteiger partial charge in [-0.05, 0) is 37.0 Å². The van der Waals surface area contributed by atoms with E-state index in [0.717, 1.165) is 22.4 Å². The molecule has 1 aliphatic rings. The van der Waals surface area contributed by atoms with Crippen molar-refractivity contribution < 1.29 is 14.3 Å². The van der Waals surface area contributed by atoms with Crippen molar-refractivity contribution in [3.8, 4) is 16.9 Å². The van der Waals surface area contributed by atoms with Gasteiger partial charge in [0, 0.05) is 31.6 Å². The third-order valence-corrected chi connectivity index (χ3v) is 5.74. The van der Waals surface area contributed by atoms with Crippen LogP contribution in [0.15, 0.2) is 48.5 Å². The minimum Gasteiger partial charge on any atom is -0.496 e. The summed E-state index contributed by atoms with van der Waals surface area (Å²) in [4.78, 5) is 26.9. The molecule has 5 nitrogen and oxygen atoms in total. The lowest BCUT2D eigenvalue weighted by Gasteiger charge is -2.28. The molecule has 0 spiro atoms. The monoisotopic (exact) mass is 394 g/mol. The van der Waals surface area contributed by atoms with Crippen LogP contribution in [0.4, 0.5) is 0 Å². The predicted molar refractivity (Wildman–Crippen MR) is 115 cm³/mol. The number of hydrogen-bond acceptors (Lipinski definition) is 3. The number of methoxy groups -OCH3 is 1. The molecule has 1 N–H and O–H groups in total. The largest absolute Gasteiger partial charge is 0.496 e. The molecule has 0 aliphatic carbocycles. The van der Waals surface area contributed by atoms with E-state index in [9.17, 15) is 9.59 Å². The summed E-state index contributed by atoms with van der Waals surface area (Å²) in [5, 5.41) is 2.98. The zero-order valence-corrected chi connectivity index (χ0v) is 17.5. The number of carbonyl (C=O) groups excluding carboxylic acids is 2. The first kappa shape index (κ1) is 20.9. The van der Waals surface area contributed by atoms with E-state index in [1.807, 2.05) is 43.0 Å². The van der Waals surface area contributed by atoms with Crippen molar-refractivity contribution >= 4 is 11.8 Å². The maximum atomic E-state index is 12.9. The third kappa shape index (κ3) is 4.44. The maximum absolute atomic E-state index is 12.9. The van der Waals surface area contributed by atoms with Crippen LogP contribution in [0.2, 0.25) is 0 Å². The van der Waals surface area contributed by atoms with E-state index < -0.39 is 5.41 Å². The van der Waals surface area contributed by atoms with Gasteiger partial charge in [0.05, 0.1) is 12.5 Å². The average molecular weight is 395 g/mol. The van der Waals surface area contributed by atoms with E-state index >= 15 is 0 Å². The van der Waals surface area contributed by atoms with Crippen LogP contribution < -0.4 is 10.1 Å². The number of hydrogen-bond donors (Lipinski definition) is 1. The molecule has 2 amide bonds. The number of carbonyl (C=O) groups is 2. The summed E-state index contributed by atoms with van der Waals surface area (Å²) >= 11 is 0. The smallest absolute Gasteiger partial charge is 0.228 e. The summed E-state index contributed by atoms with van der Waals surface area (Å²) < 4.78 is 5.47. The van der Waals surface area contributed by atoms with Crippen LogP contribution in [-0.2, 0) is 16.0 Å². The van der Waals surface area contributed by atoms with E-state index in [1.165, 1.54) is 0 Å². The average Bonchev–Trinajstić information content (AvgIpc) is 3.19. The fraction of sp³-hybridized carbons (Fsp3) is 0.417. The van der Waals surface area contributed by atoms with Crippen LogP contribution in [0.25, 0.3) is 11.1 Å². The fourth-order valence-electron chi connectivity index (χ4n) is 4.14. The number of rotatable bonds is 7. The number of para-hydroxylation sites is 1. The second-order valence-corrected chi connectivity index (χ2v) is 7.63. The zero-order valence-electron chi connectivity index (χ0n) is 17.5. The van der Waals surface area contributed by atoms with Crippen molar-refractivity contribution in [2.75, 3.05) is 26.7 Å². The quantitative estimate of drug-likeness (QED) is 0.780. The molecule has 29 heavy (non-hydrogen) atoms. The van der Waals surface area contributed by atoms with E-state index in [0.29, 0.717) is 38.9 Å². The van der Waals surface area contributed by atoms with Gasteiger partial charge in [0.15, 0.2) is 0 Å². The second kappa shape index (κ2) is 9.12. The van der Waals surface area contributed by atoms with Gasteiger partial charge in [-0.1, -0.05) is 49.4 Å². The predicted octanol–water partition coefficient (Wildman–Crippen LogP) is 3.67. The molecule has 154 valence electrons. The normalized spacial score (nSPS) is 18.5. The number of ether oxygens (including phenoxy) is 1. The fourth-order valence-corrected chi connectivity index (χ4v) is 4.14. The van der Waals surface area contributed by atoms with Gasteiger partial charge in [0.2, 0.25) is 11.8 Å². The number of likely N-dealkylation sites (tertiary alicyclic amines) is 1. The Labute approximate surface area is 173 Å². The minimum absolute atomic E-state index is 0.0419. The summed E-state index contributed by atoms with van der Waals surface area (Å²) in [7, 11) is 1.67. The van der Waals surface area contributed by atoms with Gasteiger partial charge in [0.1, 0.15) is 5.75 Å². The van der Waals surface area contributed by atoms with E-state index in [1.54, 1.807) is 7.11 Å². The first-order valence-corrected chi connectivity index (χ1v) is 10.3. The maximum Gasteiger partial charge on any atom is 0.228 e. The molecule has 5 heteroatoms. The Bertz CT molecular complexity index is 863. The molecule has 1 saturated heterocycles. The molecule has 1 atom stereocenters. The summed E-state index contributed by atoms with van der Waals surface area (Å²) in [6.07, 6.45) is 1.79. The van der Waals surface area contributed by atoms with E-state index in [2.05, 4.69) is 29.6 Å². The number of nitrogens with one attached hydrogen (secondary N) is 1.